The van der Waals surface area contributed by atoms with Gasteiger partial charge in [0.05, 0.1) is 5.92 Å². The van der Waals surface area contributed by atoms with E-state index in [1.807, 2.05) is 42.5 Å². The Hall–Kier alpha value is -2.24. The highest BCUT2D eigenvalue weighted by molar-refractivity contribution is 5.93. The smallest absolute Gasteiger partial charge is 0.229 e. The Morgan fingerprint density at radius 3 is 2.52 bits per heavy atom. The molecule has 0 aromatic heterocycles. The molecule has 1 spiro atoms. The molecule has 2 aromatic carbocycles. The molecule has 5 heteroatoms. The van der Waals surface area contributed by atoms with Crippen molar-refractivity contribution >= 4 is 11.6 Å². The number of ether oxygens (including phenoxy) is 1. The van der Waals surface area contributed by atoms with E-state index < -0.39 is 0 Å². The van der Waals surface area contributed by atoms with Crippen molar-refractivity contribution in [2.75, 3.05) is 31.6 Å². The predicted octanol–water partition coefficient (Wildman–Crippen LogP) is 3.69. The van der Waals surface area contributed by atoms with Crippen LogP contribution in [0.3, 0.4) is 0 Å². The van der Waals surface area contributed by atoms with Crippen LogP contribution < -0.4 is 5.32 Å². The third-order valence-electron chi connectivity index (χ3n) is 5.88. The topological polar surface area (TPSA) is 41.6 Å². The van der Waals surface area contributed by atoms with Gasteiger partial charge in [-0.3, -0.25) is 9.69 Å². The number of carbonyl (C=O) groups excluding carboxylic acids is 1. The maximum absolute atomic E-state index is 13.2. The summed E-state index contributed by atoms with van der Waals surface area (Å²) in [5.41, 5.74) is 1.86. The fraction of sp³-hybridized carbons (Fsp3) is 0.409. The number of likely N-dealkylation sites (tertiary alicyclic amines) is 1. The largest absolute Gasteiger partial charge is 0.381 e. The highest BCUT2D eigenvalue weighted by Gasteiger charge is 2.50. The first-order valence-corrected chi connectivity index (χ1v) is 9.55. The van der Waals surface area contributed by atoms with Gasteiger partial charge in [0, 0.05) is 44.0 Å². The predicted molar refractivity (Wildman–Crippen MR) is 103 cm³/mol. The molecular formula is C22H25FN2O2. The van der Waals surface area contributed by atoms with Crippen molar-refractivity contribution in [3.63, 3.8) is 0 Å². The van der Waals surface area contributed by atoms with Gasteiger partial charge in [0.15, 0.2) is 0 Å². The van der Waals surface area contributed by atoms with E-state index in [0.29, 0.717) is 13.2 Å². The minimum Gasteiger partial charge on any atom is -0.381 e. The number of nitrogens with one attached hydrogen (secondary N) is 1. The molecule has 0 bridgehead atoms. The van der Waals surface area contributed by atoms with Crippen LogP contribution in [0.15, 0.2) is 54.6 Å². The Labute approximate surface area is 159 Å². The minimum absolute atomic E-state index is 0.0445. The lowest BCUT2D eigenvalue weighted by atomic mass is 9.71. The molecule has 4 nitrogen and oxygen atoms in total. The molecule has 2 fully saturated rings. The Bertz CT molecular complexity index is 773. The van der Waals surface area contributed by atoms with Crippen LogP contribution in [0.5, 0.6) is 0 Å². The summed E-state index contributed by atoms with van der Waals surface area (Å²) >= 11 is 0. The molecule has 2 saturated heterocycles. The maximum atomic E-state index is 13.2. The molecule has 2 aliphatic heterocycles. The lowest BCUT2D eigenvalue weighted by Crippen LogP contribution is -2.42. The van der Waals surface area contributed by atoms with Gasteiger partial charge in [-0.25, -0.2) is 4.39 Å². The number of amides is 1. The molecule has 1 N–H and O–H groups in total. The van der Waals surface area contributed by atoms with Crippen LogP contribution in [-0.2, 0) is 16.1 Å². The Balaban J connectivity index is 1.51. The lowest BCUT2D eigenvalue weighted by molar-refractivity contribution is -0.124. The lowest BCUT2D eigenvalue weighted by Gasteiger charge is -2.37. The van der Waals surface area contributed by atoms with Crippen LogP contribution in [0.1, 0.15) is 18.4 Å². The van der Waals surface area contributed by atoms with E-state index in [9.17, 15) is 9.18 Å². The number of hydrogen-bond acceptors (Lipinski definition) is 3. The van der Waals surface area contributed by atoms with Crippen LogP contribution in [0.4, 0.5) is 10.1 Å². The summed E-state index contributed by atoms with van der Waals surface area (Å²) in [6.07, 6.45) is 1.81. The van der Waals surface area contributed by atoms with E-state index in [-0.39, 0.29) is 23.1 Å². The zero-order valence-corrected chi connectivity index (χ0v) is 15.4. The highest BCUT2D eigenvalue weighted by atomic mass is 19.1. The fourth-order valence-corrected chi connectivity index (χ4v) is 4.44. The zero-order valence-electron chi connectivity index (χ0n) is 15.4. The number of nitrogens with zero attached hydrogens (tertiary/aromatic N) is 1. The molecule has 0 radical (unpaired) electrons. The summed E-state index contributed by atoms with van der Waals surface area (Å²) in [6.45, 7) is 3.74. The average Bonchev–Trinajstić information content (AvgIpc) is 3.02. The van der Waals surface area contributed by atoms with Crippen molar-refractivity contribution in [3.8, 4) is 0 Å². The van der Waals surface area contributed by atoms with Crippen molar-refractivity contribution in [2.45, 2.75) is 19.4 Å². The Morgan fingerprint density at radius 2 is 1.81 bits per heavy atom. The number of anilines is 1. The summed E-state index contributed by atoms with van der Waals surface area (Å²) in [6, 6.07) is 16.3. The highest BCUT2D eigenvalue weighted by Crippen LogP contribution is 2.45. The Kier molecular flexibility index (Phi) is 5.23. The fourth-order valence-electron chi connectivity index (χ4n) is 4.44. The SMILES string of the molecule is O=C(Nc1ccccc1)C1CN(Cc2ccc(F)cc2)CC12CCOCC2. The molecule has 1 amide bonds. The molecule has 142 valence electrons. The number of para-hydroxylation sites is 1. The molecule has 0 aliphatic carbocycles. The van der Waals surface area contributed by atoms with Crippen LogP contribution in [0.2, 0.25) is 0 Å². The van der Waals surface area contributed by atoms with Crippen molar-refractivity contribution < 1.29 is 13.9 Å². The number of rotatable bonds is 4. The molecule has 1 atom stereocenters. The van der Waals surface area contributed by atoms with Gasteiger partial charge in [-0.2, -0.15) is 0 Å². The first-order chi connectivity index (χ1) is 13.1. The average molecular weight is 368 g/mol. The summed E-state index contributed by atoms with van der Waals surface area (Å²) in [7, 11) is 0. The van der Waals surface area contributed by atoms with Gasteiger partial charge in [0.2, 0.25) is 5.91 Å². The molecule has 2 heterocycles. The van der Waals surface area contributed by atoms with E-state index in [1.54, 1.807) is 0 Å². The van der Waals surface area contributed by atoms with Crippen LogP contribution >= 0.6 is 0 Å². The van der Waals surface area contributed by atoms with E-state index in [2.05, 4.69) is 10.2 Å². The number of hydrogen-bond donors (Lipinski definition) is 1. The Morgan fingerprint density at radius 1 is 1.11 bits per heavy atom. The minimum atomic E-state index is -0.221. The van der Waals surface area contributed by atoms with Crippen molar-refractivity contribution in [1.29, 1.82) is 0 Å². The van der Waals surface area contributed by atoms with E-state index >= 15 is 0 Å². The van der Waals surface area contributed by atoms with E-state index in [0.717, 1.165) is 43.7 Å². The van der Waals surface area contributed by atoms with E-state index in [4.69, 9.17) is 4.74 Å². The number of halogens is 1. The molecule has 1 unspecified atom stereocenters. The molecule has 2 aromatic rings. The summed E-state index contributed by atoms with van der Waals surface area (Å²) in [5, 5.41) is 3.09. The monoisotopic (exact) mass is 368 g/mol. The second kappa shape index (κ2) is 7.79. The van der Waals surface area contributed by atoms with Gasteiger partial charge in [-0.1, -0.05) is 30.3 Å². The summed E-state index contributed by atoms with van der Waals surface area (Å²) in [4.78, 5) is 15.4. The summed E-state index contributed by atoms with van der Waals surface area (Å²) in [5.74, 6) is -0.201. The maximum Gasteiger partial charge on any atom is 0.229 e. The van der Waals surface area contributed by atoms with Crippen LogP contribution in [0.25, 0.3) is 0 Å². The first kappa shape index (κ1) is 18.1. The van der Waals surface area contributed by atoms with Crippen molar-refractivity contribution in [2.24, 2.45) is 11.3 Å². The van der Waals surface area contributed by atoms with Crippen molar-refractivity contribution in [1.82, 2.24) is 4.90 Å². The second-order valence-corrected chi connectivity index (χ2v) is 7.68. The van der Waals surface area contributed by atoms with Gasteiger partial charge >= 0.3 is 0 Å². The quantitative estimate of drug-likeness (QED) is 0.895. The second-order valence-electron chi connectivity index (χ2n) is 7.68. The molecule has 27 heavy (non-hydrogen) atoms. The number of carbonyl (C=O) groups is 1. The molecule has 2 aliphatic rings. The van der Waals surface area contributed by atoms with Gasteiger partial charge in [-0.15, -0.1) is 0 Å². The molecular weight excluding hydrogens is 343 g/mol. The van der Waals surface area contributed by atoms with Gasteiger partial charge in [-0.05, 0) is 42.7 Å². The normalized spacial score (nSPS) is 22.0. The van der Waals surface area contributed by atoms with E-state index in [1.165, 1.54) is 12.1 Å². The molecule has 0 saturated carbocycles. The van der Waals surface area contributed by atoms with Crippen LogP contribution in [-0.4, -0.2) is 37.1 Å². The number of benzene rings is 2. The van der Waals surface area contributed by atoms with Crippen LogP contribution in [0, 0.1) is 17.2 Å². The van der Waals surface area contributed by atoms with Gasteiger partial charge in [0.1, 0.15) is 5.82 Å². The standard InChI is InChI=1S/C22H25FN2O2/c23-18-8-6-17(7-9-18)14-25-15-20(22(16-25)10-12-27-13-11-22)21(26)24-19-4-2-1-3-5-19/h1-9,20H,10-16H2,(H,24,26). The first-order valence-electron chi connectivity index (χ1n) is 9.55. The zero-order chi connectivity index (χ0) is 18.7. The summed E-state index contributed by atoms with van der Waals surface area (Å²) < 4.78 is 18.8. The third kappa shape index (κ3) is 4.04. The van der Waals surface area contributed by atoms with Crippen molar-refractivity contribution in [3.05, 3.63) is 66.0 Å². The van der Waals surface area contributed by atoms with Gasteiger partial charge in [0.25, 0.3) is 0 Å². The molecule has 4 rings (SSSR count). The van der Waals surface area contributed by atoms with Gasteiger partial charge < -0.3 is 10.1 Å². The third-order valence-corrected chi connectivity index (χ3v) is 5.88.